The quantitative estimate of drug-likeness (QED) is 0.706. The lowest BCUT2D eigenvalue weighted by Crippen LogP contribution is -2.07. The van der Waals surface area contributed by atoms with Gasteiger partial charge >= 0.3 is 0 Å². The highest BCUT2D eigenvalue weighted by atomic mass is 35.5. The van der Waals surface area contributed by atoms with Gasteiger partial charge in [-0.25, -0.2) is 9.97 Å². The van der Waals surface area contributed by atoms with Crippen LogP contribution in [0.4, 0.5) is 0 Å². The first kappa shape index (κ1) is 11.3. The summed E-state index contributed by atoms with van der Waals surface area (Å²) in [5.74, 6) is 0. The van der Waals surface area contributed by atoms with Crippen molar-refractivity contribution in [3.8, 4) is 0 Å². The van der Waals surface area contributed by atoms with Crippen LogP contribution in [0.5, 0.6) is 0 Å². The Balaban J connectivity index is 2.01. The van der Waals surface area contributed by atoms with Crippen LogP contribution in [0.15, 0.2) is 45.6 Å². The standard InChI is InChI=1S/C11H7ClN4OS/c12-8-9(17)13-5-14-10(8)18-11-15-6-3-1-2-4-7(6)16-11/h1-5H,(H,15,16)(H,13,14,17). The van der Waals surface area contributed by atoms with Gasteiger partial charge in [0.05, 0.1) is 17.4 Å². The Morgan fingerprint density at radius 1 is 1.28 bits per heavy atom. The predicted molar refractivity (Wildman–Crippen MR) is 70.1 cm³/mol. The molecule has 7 heteroatoms. The second-order valence-electron chi connectivity index (χ2n) is 3.51. The van der Waals surface area contributed by atoms with Gasteiger partial charge < -0.3 is 9.97 Å². The van der Waals surface area contributed by atoms with Crippen molar-refractivity contribution in [3.63, 3.8) is 0 Å². The molecule has 0 saturated carbocycles. The molecule has 3 rings (SSSR count). The molecule has 5 nitrogen and oxygen atoms in total. The summed E-state index contributed by atoms with van der Waals surface area (Å²) in [5, 5.41) is 1.15. The van der Waals surface area contributed by atoms with Crippen molar-refractivity contribution in [2.24, 2.45) is 0 Å². The first-order valence-corrected chi connectivity index (χ1v) is 6.29. The molecule has 2 heterocycles. The number of nitrogens with one attached hydrogen (secondary N) is 2. The van der Waals surface area contributed by atoms with Gasteiger partial charge in [-0.15, -0.1) is 0 Å². The number of halogens is 1. The van der Waals surface area contributed by atoms with E-state index in [0.717, 1.165) is 11.0 Å². The van der Waals surface area contributed by atoms with E-state index in [4.69, 9.17) is 11.6 Å². The predicted octanol–water partition coefficient (Wildman–Crippen LogP) is 2.45. The van der Waals surface area contributed by atoms with Gasteiger partial charge in [0, 0.05) is 0 Å². The summed E-state index contributed by atoms with van der Waals surface area (Å²) in [4.78, 5) is 25.3. The van der Waals surface area contributed by atoms with Gasteiger partial charge in [-0.3, -0.25) is 4.79 Å². The molecule has 2 aromatic heterocycles. The maximum Gasteiger partial charge on any atom is 0.270 e. The van der Waals surface area contributed by atoms with Crippen LogP contribution in [0.1, 0.15) is 0 Å². The van der Waals surface area contributed by atoms with Crippen molar-refractivity contribution in [3.05, 3.63) is 46.0 Å². The average molecular weight is 279 g/mol. The number of nitrogens with zero attached hydrogens (tertiary/aromatic N) is 2. The van der Waals surface area contributed by atoms with E-state index in [1.165, 1.54) is 18.1 Å². The van der Waals surface area contributed by atoms with Gasteiger partial charge in [0.25, 0.3) is 5.56 Å². The number of fused-ring (bicyclic) bond motifs is 1. The Morgan fingerprint density at radius 2 is 2.11 bits per heavy atom. The van der Waals surface area contributed by atoms with Crippen LogP contribution in [0.25, 0.3) is 11.0 Å². The molecule has 0 aliphatic carbocycles. The first-order chi connectivity index (χ1) is 8.74. The lowest BCUT2D eigenvalue weighted by atomic mass is 10.3. The fraction of sp³-hybridized carbons (Fsp3) is 0. The van der Waals surface area contributed by atoms with E-state index in [1.807, 2.05) is 24.3 Å². The summed E-state index contributed by atoms with van der Waals surface area (Å²) in [6.07, 6.45) is 1.32. The maximum absolute atomic E-state index is 11.3. The summed E-state index contributed by atoms with van der Waals surface area (Å²) >= 11 is 7.10. The third-order valence-corrected chi connectivity index (χ3v) is 3.68. The highest BCUT2D eigenvalue weighted by Crippen LogP contribution is 2.28. The van der Waals surface area contributed by atoms with Crippen molar-refractivity contribution < 1.29 is 0 Å². The number of aromatic nitrogens is 4. The molecule has 0 bridgehead atoms. The number of para-hydroxylation sites is 2. The Hall–Kier alpha value is -1.79. The van der Waals surface area contributed by atoms with Crippen molar-refractivity contribution in [1.29, 1.82) is 0 Å². The molecule has 0 aliphatic rings. The Bertz CT molecular complexity index is 734. The third-order valence-electron chi connectivity index (χ3n) is 2.33. The van der Waals surface area contributed by atoms with E-state index in [1.54, 1.807) is 0 Å². The highest BCUT2D eigenvalue weighted by molar-refractivity contribution is 7.99. The van der Waals surface area contributed by atoms with Crippen LogP contribution < -0.4 is 5.56 Å². The molecule has 0 amide bonds. The number of H-pyrrole nitrogens is 2. The largest absolute Gasteiger partial charge is 0.333 e. The van der Waals surface area contributed by atoms with Crippen LogP contribution >= 0.6 is 23.4 Å². The van der Waals surface area contributed by atoms with Crippen molar-refractivity contribution >= 4 is 34.4 Å². The van der Waals surface area contributed by atoms with Gasteiger partial charge in [-0.1, -0.05) is 23.7 Å². The van der Waals surface area contributed by atoms with Gasteiger partial charge in [0.2, 0.25) is 0 Å². The van der Waals surface area contributed by atoms with E-state index >= 15 is 0 Å². The average Bonchev–Trinajstić information content (AvgIpc) is 2.77. The van der Waals surface area contributed by atoms with E-state index in [9.17, 15) is 4.79 Å². The first-order valence-electron chi connectivity index (χ1n) is 5.10. The summed E-state index contributed by atoms with van der Waals surface area (Å²) in [5.41, 5.74) is 1.44. The van der Waals surface area contributed by atoms with Crippen LogP contribution in [0.3, 0.4) is 0 Å². The van der Waals surface area contributed by atoms with Gasteiger partial charge in [-0.2, -0.15) is 0 Å². The molecule has 18 heavy (non-hydrogen) atoms. The van der Waals surface area contributed by atoms with Gasteiger partial charge in [-0.05, 0) is 23.9 Å². The van der Waals surface area contributed by atoms with E-state index in [0.29, 0.717) is 10.2 Å². The molecule has 0 atom stereocenters. The molecule has 0 spiro atoms. The number of imidazole rings is 1. The molecule has 90 valence electrons. The zero-order valence-electron chi connectivity index (χ0n) is 8.98. The molecule has 1 aromatic carbocycles. The normalized spacial score (nSPS) is 10.9. The molecule has 0 fully saturated rings. The molecule has 0 aliphatic heterocycles. The molecule has 3 aromatic rings. The molecular formula is C11H7ClN4OS. The molecule has 2 N–H and O–H groups in total. The van der Waals surface area contributed by atoms with E-state index in [2.05, 4.69) is 19.9 Å². The minimum Gasteiger partial charge on any atom is -0.333 e. The van der Waals surface area contributed by atoms with Crippen LogP contribution in [-0.4, -0.2) is 19.9 Å². The number of benzene rings is 1. The highest BCUT2D eigenvalue weighted by Gasteiger charge is 2.10. The van der Waals surface area contributed by atoms with Crippen molar-refractivity contribution in [1.82, 2.24) is 19.9 Å². The maximum atomic E-state index is 11.3. The number of rotatable bonds is 2. The fourth-order valence-electron chi connectivity index (χ4n) is 1.51. The Labute approximate surface area is 111 Å². The minimum absolute atomic E-state index is 0.0722. The second kappa shape index (κ2) is 4.47. The zero-order valence-corrected chi connectivity index (χ0v) is 10.5. The topological polar surface area (TPSA) is 74.4 Å². The van der Waals surface area contributed by atoms with E-state index < -0.39 is 0 Å². The number of aromatic amines is 2. The molecule has 0 unspecified atom stereocenters. The second-order valence-corrected chi connectivity index (χ2v) is 4.87. The summed E-state index contributed by atoms with van der Waals surface area (Å²) < 4.78 is 0. The monoisotopic (exact) mass is 278 g/mol. The number of hydrogen-bond donors (Lipinski definition) is 2. The van der Waals surface area contributed by atoms with Crippen molar-refractivity contribution in [2.45, 2.75) is 10.2 Å². The van der Waals surface area contributed by atoms with Crippen LogP contribution in [-0.2, 0) is 0 Å². The minimum atomic E-state index is -0.356. The Morgan fingerprint density at radius 3 is 2.94 bits per heavy atom. The summed E-state index contributed by atoms with van der Waals surface area (Å²) in [7, 11) is 0. The zero-order chi connectivity index (χ0) is 12.5. The van der Waals surface area contributed by atoms with E-state index in [-0.39, 0.29) is 10.6 Å². The third kappa shape index (κ3) is 2.00. The van der Waals surface area contributed by atoms with Gasteiger partial charge in [0.15, 0.2) is 5.16 Å². The van der Waals surface area contributed by atoms with Crippen LogP contribution in [0, 0.1) is 0 Å². The summed E-state index contributed by atoms with van der Waals surface area (Å²) in [6, 6.07) is 7.67. The summed E-state index contributed by atoms with van der Waals surface area (Å²) in [6.45, 7) is 0. The Kier molecular flexibility index (Phi) is 2.81. The molecule has 0 saturated heterocycles. The lowest BCUT2D eigenvalue weighted by Gasteiger charge is -1.97. The molecular weight excluding hydrogens is 272 g/mol. The van der Waals surface area contributed by atoms with Crippen LogP contribution in [0.2, 0.25) is 5.02 Å². The van der Waals surface area contributed by atoms with Crippen molar-refractivity contribution in [2.75, 3.05) is 0 Å². The number of hydrogen-bond acceptors (Lipinski definition) is 4. The molecule has 0 radical (unpaired) electrons. The lowest BCUT2D eigenvalue weighted by molar-refractivity contribution is 0.999. The smallest absolute Gasteiger partial charge is 0.270 e. The fourth-order valence-corrected chi connectivity index (χ4v) is 2.50. The van der Waals surface area contributed by atoms with Gasteiger partial charge in [0.1, 0.15) is 10.0 Å². The SMILES string of the molecule is O=c1[nH]cnc(Sc2nc3ccccc3[nH]2)c1Cl.